The van der Waals surface area contributed by atoms with Crippen molar-refractivity contribution in [1.29, 1.82) is 0 Å². The van der Waals surface area contributed by atoms with Crippen molar-refractivity contribution in [2.45, 2.75) is 57.7 Å². The number of ether oxygens (including phenoxy) is 1. The predicted molar refractivity (Wildman–Crippen MR) is 112 cm³/mol. The summed E-state index contributed by atoms with van der Waals surface area (Å²) < 4.78 is 5.35. The Bertz CT molecular complexity index is 890. The molecule has 2 unspecified atom stereocenters. The molecule has 1 aromatic heterocycles. The number of aliphatic hydroxyl groups excluding tert-OH is 1. The highest BCUT2D eigenvalue weighted by Crippen LogP contribution is 2.26. The SMILES string of the molecule is CC(C)(C)OC(=O)NC1C[C@H](CO)CCC1NC(=O)c1cc2cc(Cl)ccc2[nH]1. The Hall–Kier alpha value is -2.25. The zero-order valence-electron chi connectivity index (χ0n) is 16.9. The van der Waals surface area contributed by atoms with Crippen molar-refractivity contribution in [2.24, 2.45) is 5.92 Å². The van der Waals surface area contributed by atoms with Crippen molar-refractivity contribution < 1.29 is 19.4 Å². The first kappa shape index (κ1) is 21.5. The molecule has 29 heavy (non-hydrogen) atoms. The summed E-state index contributed by atoms with van der Waals surface area (Å²) in [5.41, 5.74) is 0.647. The molecule has 7 nitrogen and oxygen atoms in total. The second kappa shape index (κ2) is 8.63. The highest BCUT2D eigenvalue weighted by atomic mass is 35.5. The normalized spacial score (nSPS) is 22.3. The molecule has 3 rings (SSSR count). The number of hydrogen-bond acceptors (Lipinski definition) is 4. The third kappa shape index (κ3) is 5.64. The fraction of sp³-hybridized carbons (Fsp3) is 0.524. The molecule has 0 bridgehead atoms. The van der Waals surface area contributed by atoms with E-state index in [1.807, 2.05) is 6.07 Å². The smallest absolute Gasteiger partial charge is 0.407 e. The largest absolute Gasteiger partial charge is 0.444 e. The van der Waals surface area contributed by atoms with Crippen LogP contribution < -0.4 is 10.6 Å². The van der Waals surface area contributed by atoms with Crippen LogP contribution in [0.2, 0.25) is 5.02 Å². The van der Waals surface area contributed by atoms with E-state index in [4.69, 9.17) is 16.3 Å². The van der Waals surface area contributed by atoms with E-state index in [1.165, 1.54) is 0 Å². The average molecular weight is 422 g/mol. The number of nitrogens with one attached hydrogen (secondary N) is 3. The van der Waals surface area contributed by atoms with Crippen LogP contribution >= 0.6 is 11.6 Å². The van der Waals surface area contributed by atoms with Crippen LogP contribution in [0.5, 0.6) is 0 Å². The van der Waals surface area contributed by atoms with Crippen LogP contribution in [0.3, 0.4) is 0 Å². The topological polar surface area (TPSA) is 103 Å². The summed E-state index contributed by atoms with van der Waals surface area (Å²) >= 11 is 6.02. The molecule has 8 heteroatoms. The Kier molecular flexibility index (Phi) is 6.39. The number of carbonyl (C=O) groups excluding carboxylic acids is 2. The van der Waals surface area contributed by atoms with Gasteiger partial charge in [0.25, 0.3) is 5.91 Å². The molecule has 0 spiro atoms. The molecule has 0 aliphatic heterocycles. The monoisotopic (exact) mass is 421 g/mol. The van der Waals surface area contributed by atoms with Crippen LogP contribution in [-0.2, 0) is 4.74 Å². The number of aromatic amines is 1. The molecule has 1 saturated carbocycles. The Morgan fingerprint density at radius 2 is 1.97 bits per heavy atom. The van der Waals surface area contributed by atoms with Crippen molar-refractivity contribution in [3.05, 3.63) is 35.0 Å². The van der Waals surface area contributed by atoms with Gasteiger partial charge in [-0.2, -0.15) is 0 Å². The van der Waals surface area contributed by atoms with Gasteiger partial charge >= 0.3 is 6.09 Å². The third-order valence-electron chi connectivity index (χ3n) is 5.06. The minimum Gasteiger partial charge on any atom is -0.444 e. The molecule has 1 aliphatic carbocycles. The fourth-order valence-corrected chi connectivity index (χ4v) is 3.87. The number of amides is 2. The molecule has 1 heterocycles. The molecule has 158 valence electrons. The molecule has 1 aliphatic rings. The van der Waals surface area contributed by atoms with Crippen molar-refractivity contribution in [2.75, 3.05) is 6.61 Å². The van der Waals surface area contributed by atoms with Crippen molar-refractivity contribution in [1.82, 2.24) is 15.6 Å². The summed E-state index contributed by atoms with van der Waals surface area (Å²) in [7, 11) is 0. The Morgan fingerprint density at radius 3 is 2.66 bits per heavy atom. The van der Waals surface area contributed by atoms with Gasteiger partial charge < -0.3 is 25.5 Å². The minimum absolute atomic E-state index is 0.0515. The van der Waals surface area contributed by atoms with E-state index in [-0.39, 0.29) is 30.5 Å². The summed E-state index contributed by atoms with van der Waals surface area (Å²) in [6, 6.07) is 6.56. The van der Waals surface area contributed by atoms with E-state index >= 15 is 0 Å². The standard InChI is InChI=1S/C21H28ClN3O4/c1-21(2,3)29-20(28)25-17-8-12(11-26)4-6-16(17)24-19(27)18-10-13-9-14(22)5-7-15(13)23-18/h5,7,9-10,12,16-17,23,26H,4,6,8,11H2,1-3H3,(H,24,27)(H,25,28)/t12-,16?,17?/m1/s1. The second-order valence-electron chi connectivity index (χ2n) is 8.61. The first-order valence-corrected chi connectivity index (χ1v) is 10.2. The van der Waals surface area contributed by atoms with Crippen LogP contribution in [0.25, 0.3) is 10.9 Å². The van der Waals surface area contributed by atoms with Crippen LogP contribution in [0.1, 0.15) is 50.5 Å². The number of aromatic nitrogens is 1. The average Bonchev–Trinajstić information content (AvgIpc) is 3.04. The predicted octanol–water partition coefficient (Wildman–Crippen LogP) is 3.61. The fourth-order valence-electron chi connectivity index (χ4n) is 3.69. The number of benzene rings is 1. The number of halogens is 1. The molecule has 0 saturated heterocycles. The van der Waals surface area contributed by atoms with Gasteiger partial charge in [0.05, 0.1) is 6.04 Å². The van der Waals surface area contributed by atoms with Gasteiger partial charge in [-0.1, -0.05) is 11.6 Å². The number of carbonyl (C=O) groups is 2. The van der Waals surface area contributed by atoms with Gasteiger partial charge in [-0.3, -0.25) is 4.79 Å². The van der Waals surface area contributed by atoms with Gasteiger partial charge in [0.2, 0.25) is 0 Å². The van der Waals surface area contributed by atoms with Crippen LogP contribution in [-0.4, -0.2) is 46.4 Å². The van der Waals surface area contributed by atoms with Gasteiger partial charge in [-0.25, -0.2) is 4.79 Å². The van der Waals surface area contributed by atoms with Gasteiger partial charge in [-0.15, -0.1) is 0 Å². The van der Waals surface area contributed by atoms with Gasteiger partial charge in [0.15, 0.2) is 0 Å². The summed E-state index contributed by atoms with van der Waals surface area (Å²) in [6.07, 6.45) is 1.48. The summed E-state index contributed by atoms with van der Waals surface area (Å²) in [6.45, 7) is 5.44. The summed E-state index contributed by atoms with van der Waals surface area (Å²) in [5.74, 6) is -0.168. The first-order valence-electron chi connectivity index (χ1n) is 9.84. The molecular weight excluding hydrogens is 394 g/mol. The molecule has 1 fully saturated rings. The summed E-state index contributed by atoms with van der Waals surface area (Å²) in [4.78, 5) is 28.2. The van der Waals surface area contributed by atoms with Crippen molar-refractivity contribution in [3.8, 4) is 0 Å². The number of alkyl carbamates (subject to hydrolysis) is 1. The van der Waals surface area contributed by atoms with E-state index < -0.39 is 11.7 Å². The number of aliphatic hydroxyl groups is 1. The number of H-pyrrole nitrogens is 1. The highest BCUT2D eigenvalue weighted by molar-refractivity contribution is 6.31. The van der Waals surface area contributed by atoms with Gasteiger partial charge in [0.1, 0.15) is 11.3 Å². The lowest BCUT2D eigenvalue weighted by Crippen LogP contribution is -2.55. The first-order chi connectivity index (χ1) is 13.6. The van der Waals surface area contributed by atoms with Gasteiger partial charge in [-0.05, 0) is 70.2 Å². The lowest BCUT2D eigenvalue weighted by Gasteiger charge is -2.36. The van der Waals surface area contributed by atoms with Crippen LogP contribution in [0, 0.1) is 5.92 Å². The highest BCUT2D eigenvalue weighted by Gasteiger charge is 2.33. The molecule has 1 aromatic carbocycles. The quantitative estimate of drug-likeness (QED) is 0.605. The number of hydrogen-bond donors (Lipinski definition) is 4. The van der Waals surface area contributed by atoms with Crippen LogP contribution in [0.15, 0.2) is 24.3 Å². The molecule has 4 N–H and O–H groups in total. The molecule has 0 radical (unpaired) electrons. The number of fused-ring (bicyclic) bond motifs is 1. The van der Waals surface area contributed by atoms with E-state index in [0.717, 1.165) is 17.3 Å². The molecule has 3 atom stereocenters. The Labute approximate surface area is 175 Å². The van der Waals surface area contributed by atoms with Crippen molar-refractivity contribution in [3.63, 3.8) is 0 Å². The lowest BCUT2D eigenvalue weighted by molar-refractivity contribution is 0.0447. The van der Waals surface area contributed by atoms with E-state index in [0.29, 0.717) is 23.6 Å². The second-order valence-corrected chi connectivity index (χ2v) is 9.05. The number of rotatable bonds is 4. The Morgan fingerprint density at radius 1 is 1.21 bits per heavy atom. The van der Waals surface area contributed by atoms with Crippen LogP contribution in [0.4, 0.5) is 4.79 Å². The lowest BCUT2D eigenvalue weighted by atomic mass is 9.82. The van der Waals surface area contributed by atoms with Crippen molar-refractivity contribution >= 4 is 34.5 Å². The van der Waals surface area contributed by atoms with E-state index in [2.05, 4.69) is 15.6 Å². The van der Waals surface area contributed by atoms with Gasteiger partial charge in [0, 0.05) is 28.6 Å². The minimum atomic E-state index is -0.612. The molecule has 2 aromatic rings. The maximum Gasteiger partial charge on any atom is 0.407 e. The Balaban J connectivity index is 1.71. The maximum absolute atomic E-state index is 12.8. The zero-order chi connectivity index (χ0) is 21.2. The summed E-state index contributed by atoms with van der Waals surface area (Å²) in [5, 5.41) is 16.9. The van der Waals surface area contributed by atoms with E-state index in [9.17, 15) is 14.7 Å². The molecular formula is C21H28ClN3O4. The maximum atomic E-state index is 12.8. The zero-order valence-corrected chi connectivity index (χ0v) is 17.7. The third-order valence-corrected chi connectivity index (χ3v) is 5.30. The van der Waals surface area contributed by atoms with E-state index in [1.54, 1.807) is 39.0 Å². The molecule has 2 amide bonds.